The second kappa shape index (κ2) is 2.88. The van der Waals surface area contributed by atoms with Crippen molar-refractivity contribution in [1.82, 2.24) is 0 Å². The van der Waals surface area contributed by atoms with Gasteiger partial charge in [0.15, 0.2) is 9.84 Å². The fourth-order valence-electron chi connectivity index (χ4n) is 0.461. The van der Waals surface area contributed by atoms with Gasteiger partial charge in [-0.05, 0) is 20.8 Å². The Morgan fingerprint density at radius 2 is 1.70 bits per heavy atom. The smallest absolute Gasteiger partial charge is 0.156 e. The summed E-state index contributed by atoms with van der Waals surface area (Å²) in [6, 6.07) is 0. The third kappa shape index (κ3) is 2.27. The minimum absolute atomic E-state index is 0.0799. The predicted molar refractivity (Wildman–Crippen MR) is 42.6 cm³/mol. The number of hydrogen-bond donors (Lipinski definition) is 1. The Labute approximate surface area is 62.5 Å². The summed E-state index contributed by atoms with van der Waals surface area (Å²) in [6.45, 7) is 5.24. The van der Waals surface area contributed by atoms with E-state index in [4.69, 9.17) is 5.73 Å². The molecule has 0 saturated heterocycles. The van der Waals surface area contributed by atoms with Crippen LogP contribution in [0.25, 0.3) is 0 Å². The van der Waals surface area contributed by atoms with Crippen LogP contribution in [-0.4, -0.2) is 25.5 Å². The Kier molecular flexibility index (Phi) is 2.86. The Balaban J connectivity index is 4.44. The van der Waals surface area contributed by atoms with E-state index in [1.165, 1.54) is 0 Å². The van der Waals surface area contributed by atoms with E-state index in [9.17, 15) is 8.42 Å². The molecule has 0 aliphatic heterocycles. The molecule has 3 nitrogen and oxygen atoms in total. The normalized spacial score (nSPS) is 13.6. The van der Waals surface area contributed by atoms with Crippen LogP contribution in [0, 0.1) is 0 Å². The summed E-state index contributed by atoms with van der Waals surface area (Å²) in [4.78, 5) is 0. The van der Waals surface area contributed by atoms with E-state index in [-0.39, 0.29) is 12.3 Å². The molecule has 0 spiro atoms. The molecule has 0 amide bonds. The van der Waals surface area contributed by atoms with Crippen molar-refractivity contribution in [1.29, 1.82) is 0 Å². The summed E-state index contributed by atoms with van der Waals surface area (Å²) < 4.78 is 21.7. The predicted octanol–water partition coefficient (Wildman–Crippen LogP) is 0.158. The van der Waals surface area contributed by atoms with Gasteiger partial charge in [0.1, 0.15) is 0 Å². The maximum atomic E-state index is 11.2. The van der Waals surface area contributed by atoms with E-state index in [1.807, 2.05) is 0 Å². The molecule has 4 heteroatoms. The highest BCUT2D eigenvalue weighted by Gasteiger charge is 2.27. The molecule has 0 aromatic carbocycles. The first kappa shape index (κ1) is 9.91. The van der Waals surface area contributed by atoms with Crippen molar-refractivity contribution in [2.24, 2.45) is 5.73 Å². The van der Waals surface area contributed by atoms with Crippen LogP contribution in [0.5, 0.6) is 0 Å². The monoisotopic (exact) mass is 165 g/mol. The van der Waals surface area contributed by atoms with Crippen molar-refractivity contribution in [2.45, 2.75) is 25.5 Å². The third-order valence-corrected chi connectivity index (χ3v) is 3.96. The lowest BCUT2D eigenvalue weighted by molar-refractivity contribution is 0.560. The molecule has 0 rings (SSSR count). The largest absolute Gasteiger partial charge is 0.329 e. The molecule has 0 aliphatic carbocycles. The van der Waals surface area contributed by atoms with Crippen LogP contribution >= 0.6 is 0 Å². The molecule has 0 heterocycles. The zero-order valence-electron chi connectivity index (χ0n) is 6.72. The summed E-state index contributed by atoms with van der Waals surface area (Å²) >= 11 is 0. The highest BCUT2D eigenvalue weighted by Crippen LogP contribution is 2.14. The van der Waals surface area contributed by atoms with Crippen LogP contribution in [0.1, 0.15) is 20.8 Å². The van der Waals surface area contributed by atoms with Gasteiger partial charge in [0.05, 0.1) is 10.5 Å². The highest BCUT2D eigenvalue weighted by molar-refractivity contribution is 7.92. The van der Waals surface area contributed by atoms with Crippen LogP contribution in [0.4, 0.5) is 0 Å². The lowest BCUT2D eigenvalue weighted by Crippen LogP contribution is -2.33. The average Bonchev–Trinajstić information content (AvgIpc) is 1.61. The average molecular weight is 165 g/mol. The van der Waals surface area contributed by atoms with Gasteiger partial charge in [-0.3, -0.25) is 0 Å². The first-order valence-corrected chi connectivity index (χ1v) is 4.89. The standard InChI is InChI=1S/C6H15NO2S/c1-6(2,3)10(8,9)5-4-7/h4-5,7H2,1-3H3. The van der Waals surface area contributed by atoms with Crippen molar-refractivity contribution in [3.63, 3.8) is 0 Å². The number of nitrogens with two attached hydrogens (primary N) is 1. The molecule has 62 valence electrons. The maximum absolute atomic E-state index is 11.2. The van der Waals surface area contributed by atoms with Gasteiger partial charge < -0.3 is 5.73 Å². The Morgan fingerprint density at radius 1 is 1.30 bits per heavy atom. The van der Waals surface area contributed by atoms with Gasteiger partial charge in [-0.2, -0.15) is 0 Å². The van der Waals surface area contributed by atoms with E-state index in [0.29, 0.717) is 0 Å². The van der Waals surface area contributed by atoms with Gasteiger partial charge in [-0.1, -0.05) is 0 Å². The van der Waals surface area contributed by atoms with Gasteiger partial charge in [0.25, 0.3) is 0 Å². The van der Waals surface area contributed by atoms with Crippen molar-refractivity contribution in [3.05, 3.63) is 0 Å². The summed E-state index contributed by atoms with van der Waals surface area (Å²) in [5, 5.41) is 0. The van der Waals surface area contributed by atoms with Crippen LogP contribution in [0.15, 0.2) is 0 Å². The van der Waals surface area contributed by atoms with Crippen molar-refractivity contribution < 1.29 is 8.42 Å². The SMILES string of the molecule is CC(C)(C)S(=O)(=O)CCN. The molecule has 0 radical (unpaired) electrons. The van der Waals surface area contributed by atoms with Gasteiger partial charge in [0.2, 0.25) is 0 Å². The van der Waals surface area contributed by atoms with E-state index in [2.05, 4.69) is 0 Å². The molecule has 0 aromatic rings. The summed E-state index contributed by atoms with van der Waals surface area (Å²) in [7, 11) is -2.97. The molecule has 2 N–H and O–H groups in total. The molecular formula is C6H15NO2S. The molecule has 0 fully saturated rings. The maximum Gasteiger partial charge on any atom is 0.156 e. The second-order valence-corrected chi connectivity index (χ2v) is 6.08. The fourth-order valence-corrected chi connectivity index (χ4v) is 1.38. The minimum atomic E-state index is -2.97. The van der Waals surface area contributed by atoms with E-state index >= 15 is 0 Å². The summed E-state index contributed by atoms with van der Waals surface area (Å²) in [5.74, 6) is 0.0799. The van der Waals surface area contributed by atoms with Crippen LogP contribution in [0.2, 0.25) is 0 Å². The lowest BCUT2D eigenvalue weighted by Gasteiger charge is -2.17. The third-order valence-electron chi connectivity index (χ3n) is 1.32. The van der Waals surface area contributed by atoms with Crippen molar-refractivity contribution in [2.75, 3.05) is 12.3 Å². The minimum Gasteiger partial charge on any atom is -0.329 e. The van der Waals surface area contributed by atoms with Gasteiger partial charge >= 0.3 is 0 Å². The molecule has 0 aliphatic rings. The molecule has 0 unspecified atom stereocenters. The first-order valence-electron chi connectivity index (χ1n) is 3.23. The summed E-state index contributed by atoms with van der Waals surface area (Å²) in [5.41, 5.74) is 5.13. The fraction of sp³-hybridized carbons (Fsp3) is 1.00. The molecular weight excluding hydrogens is 150 g/mol. The number of rotatable bonds is 2. The Bertz CT molecular complexity index is 188. The lowest BCUT2D eigenvalue weighted by atomic mass is 10.3. The second-order valence-electron chi connectivity index (χ2n) is 3.22. The van der Waals surface area contributed by atoms with Crippen molar-refractivity contribution >= 4 is 9.84 Å². The zero-order valence-corrected chi connectivity index (χ0v) is 7.53. The number of hydrogen-bond acceptors (Lipinski definition) is 3. The Morgan fingerprint density at radius 3 is 1.80 bits per heavy atom. The van der Waals surface area contributed by atoms with Crippen LogP contribution in [0.3, 0.4) is 0 Å². The van der Waals surface area contributed by atoms with Crippen LogP contribution in [-0.2, 0) is 9.84 Å². The quantitative estimate of drug-likeness (QED) is 0.634. The number of sulfone groups is 1. The first-order chi connectivity index (χ1) is 4.31. The van der Waals surface area contributed by atoms with E-state index in [1.54, 1.807) is 20.8 Å². The molecule has 0 saturated carbocycles. The van der Waals surface area contributed by atoms with E-state index < -0.39 is 14.6 Å². The molecule has 0 atom stereocenters. The summed E-state index contributed by atoms with van der Waals surface area (Å²) in [6.07, 6.45) is 0. The zero-order chi connectivity index (χ0) is 8.41. The Hall–Kier alpha value is -0.0900. The van der Waals surface area contributed by atoms with Crippen molar-refractivity contribution in [3.8, 4) is 0 Å². The highest BCUT2D eigenvalue weighted by atomic mass is 32.2. The van der Waals surface area contributed by atoms with Gasteiger partial charge in [-0.25, -0.2) is 8.42 Å². The molecule has 0 aromatic heterocycles. The topological polar surface area (TPSA) is 60.2 Å². The van der Waals surface area contributed by atoms with E-state index in [0.717, 1.165) is 0 Å². The van der Waals surface area contributed by atoms with Crippen LogP contribution < -0.4 is 5.73 Å². The molecule has 0 bridgehead atoms. The van der Waals surface area contributed by atoms with Gasteiger partial charge in [-0.15, -0.1) is 0 Å². The van der Waals surface area contributed by atoms with Gasteiger partial charge in [0, 0.05) is 6.54 Å². The molecule has 10 heavy (non-hydrogen) atoms.